The summed E-state index contributed by atoms with van der Waals surface area (Å²) in [5.41, 5.74) is 5.31. The lowest BCUT2D eigenvalue weighted by Gasteiger charge is -2.35. The van der Waals surface area contributed by atoms with Crippen LogP contribution >= 0.6 is 12.2 Å². The van der Waals surface area contributed by atoms with Crippen LogP contribution in [0.4, 0.5) is 0 Å². The number of thiocarbonyl (C=S) groups is 1. The molecule has 18 heavy (non-hydrogen) atoms. The van der Waals surface area contributed by atoms with Crippen LogP contribution in [0.3, 0.4) is 0 Å². The number of nitrogens with one attached hydrogen (secondary N) is 1. The minimum absolute atomic E-state index is 0.0848. The van der Waals surface area contributed by atoms with E-state index in [9.17, 15) is 4.79 Å². The molecule has 0 saturated heterocycles. The summed E-state index contributed by atoms with van der Waals surface area (Å²) in [6.07, 6.45) is 10.1. The molecule has 0 aromatic carbocycles. The predicted octanol–water partition coefficient (Wildman–Crippen LogP) is 2.53. The topological polar surface area (TPSA) is 55.1 Å². The fourth-order valence-corrected chi connectivity index (χ4v) is 3.66. The zero-order chi connectivity index (χ0) is 13.0. The van der Waals surface area contributed by atoms with Gasteiger partial charge in [0.25, 0.3) is 0 Å². The van der Waals surface area contributed by atoms with Crippen LogP contribution in [0, 0.1) is 11.3 Å². The Labute approximate surface area is 115 Å². The lowest BCUT2D eigenvalue weighted by atomic mass is 9.73. The molecule has 0 unspecified atom stereocenters. The van der Waals surface area contributed by atoms with Crippen LogP contribution in [0.2, 0.25) is 0 Å². The monoisotopic (exact) mass is 268 g/mol. The Morgan fingerprint density at radius 1 is 1.17 bits per heavy atom. The van der Waals surface area contributed by atoms with Crippen molar-refractivity contribution in [2.24, 2.45) is 17.1 Å². The average molecular weight is 268 g/mol. The SMILES string of the molecule is NC(=S)C1(C(=O)NCC2CCCC2)CCCCC1. The molecule has 0 aromatic rings. The maximum Gasteiger partial charge on any atom is 0.233 e. The first-order chi connectivity index (χ1) is 8.65. The summed E-state index contributed by atoms with van der Waals surface area (Å²) in [6.45, 7) is 0.809. The molecule has 2 fully saturated rings. The number of amides is 1. The molecule has 0 spiro atoms. The van der Waals surface area contributed by atoms with Crippen molar-refractivity contribution >= 4 is 23.1 Å². The van der Waals surface area contributed by atoms with E-state index in [1.807, 2.05) is 0 Å². The van der Waals surface area contributed by atoms with Gasteiger partial charge in [0.15, 0.2) is 0 Å². The Morgan fingerprint density at radius 2 is 1.78 bits per heavy atom. The Hall–Kier alpha value is -0.640. The van der Waals surface area contributed by atoms with E-state index in [1.165, 1.54) is 32.1 Å². The van der Waals surface area contributed by atoms with E-state index in [4.69, 9.17) is 18.0 Å². The van der Waals surface area contributed by atoms with E-state index >= 15 is 0 Å². The second-order valence-electron chi connectivity index (χ2n) is 5.87. The van der Waals surface area contributed by atoms with Gasteiger partial charge in [-0.15, -0.1) is 0 Å². The summed E-state index contributed by atoms with van der Waals surface area (Å²) in [7, 11) is 0. The van der Waals surface area contributed by atoms with E-state index in [-0.39, 0.29) is 5.91 Å². The highest BCUT2D eigenvalue weighted by Gasteiger charge is 2.42. The van der Waals surface area contributed by atoms with Gasteiger partial charge in [-0.1, -0.05) is 44.3 Å². The molecule has 0 aliphatic heterocycles. The molecule has 0 bridgehead atoms. The minimum atomic E-state index is -0.549. The predicted molar refractivity (Wildman–Crippen MR) is 77.3 cm³/mol. The van der Waals surface area contributed by atoms with Crippen molar-refractivity contribution in [1.29, 1.82) is 0 Å². The van der Waals surface area contributed by atoms with Crippen LogP contribution in [0.15, 0.2) is 0 Å². The summed E-state index contributed by atoms with van der Waals surface area (Å²) < 4.78 is 0. The molecule has 102 valence electrons. The van der Waals surface area contributed by atoms with Gasteiger partial charge >= 0.3 is 0 Å². The van der Waals surface area contributed by atoms with E-state index in [0.717, 1.165) is 32.2 Å². The van der Waals surface area contributed by atoms with Crippen LogP contribution < -0.4 is 11.1 Å². The Balaban J connectivity index is 1.93. The van der Waals surface area contributed by atoms with Crippen LogP contribution in [0.25, 0.3) is 0 Å². The third-order valence-electron chi connectivity index (χ3n) is 4.64. The molecule has 2 aliphatic carbocycles. The largest absolute Gasteiger partial charge is 0.392 e. The molecule has 0 heterocycles. The van der Waals surface area contributed by atoms with Crippen LogP contribution in [-0.2, 0) is 4.79 Å². The lowest BCUT2D eigenvalue weighted by Crippen LogP contribution is -2.50. The highest BCUT2D eigenvalue weighted by atomic mass is 32.1. The molecule has 0 aromatic heterocycles. The molecule has 3 nitrogen and oxygen atoms in total. The first-order valence-electron chi connectivity index (χ1n) is 7.23. The van der Waals surface area contributed by atoms with Gasteiger partial charge in [0.1, 0.15) is 0 Å². The average Bonchev–Trinajstić information content (AvgIpc) is 2.89. The van der Waals surface area contributed by atoms with Crippen LogP contribution in [0.5, 0.6) is 0 Å². The Kier molecular flexibility index (Phi) is 4.60. The number of carbonyl (C=O) groups is 1. The Bertz CT molecular complexity index is 318. The second-order valence-corrected chi connectivity index (χ2v) is 6.31. The van der Waals surface area contributed by atoms with Crippen molar-refractivity contribution < 1.29 is 4.79 Å². The minimum Gasteiger partial charge on any atom is -0.392 e. The smallest absolute Gasteiger partial charge is 0.233 e. The highest BCUT2D eigenvalue weighted by molar-refractivity contribution is 7.80. The summed E-state index contributed by atoms with van der Waals surface area (Å²) >= 11 is 5.17. The molecular formula is C14H24N2OS. The number of carbonyl (C=O) groups excluding carboxylic acids is 1. The van der Waals surface area contributed by atoms with Crippen molar-refractivity contribution in [3.8, 4) is 0 Å². The van der Waals surface area contributed by atoms with Gasteiger partial charge in [-0.25, -0.2) is 0 Å². The van der Waals surface area contributed by atoms with E-state index in [0.29, 0.717) is 10.9 Å². The van der Waals surface area contributed by atoms with Crippen molar-refractivity contribution in [2.75, 3.05) is 6.54 Å². The third kappa shape index (κ3) is 2.85. The number of hydrogen-bond acceptors (Lipinski definition) is 2. The molecule has 3 N–H and O–H groups in total. The zero-order valence-corrected chi connectivity index (χ0v) is 11.9. The van der Waals surface area contributed by atoms with Gasteiger partial charge in [-0.3, -0.25) is 4.79 Å². The maximum absolute atomic E-state index is 12.4. The van der Waals surface area contributed by atoms with Crippen molar-refractivity contribution in [1.82, 2.24) is 5.32 Å². The van der Waals surface area contributed by atoms with Gasteiger partial charge in [0.2, 0.25) is 5.91 Å². The molecule has 2 aliphatic rings. The summed E-state index contributed by atoms with van der Waals surface area (Å²) in [4.78, 5) is 12.8. The van der Waals surface area contributed by atoms with Gasteiger partial charge < -0.3 is 11.1 Å². The quantitative estimate of drug-likeness (QED) is 0.770. The van der Waals surface area contributed by atoms with Gasteiger partial charge in [-0.2, -0.15) is 0 Å². The number of hydrogen-bond donors (Lipinski definition) is 2. The van der Waals surface area contributed by atoms with Gasteiger partial charge in [0, 0.05) is 6.54 Å². The molecular weight excluding hydrogens is 244 g/mol. The summed E-state index contributed by atoms with van der Waals surface area (Å²) in [5.74, 6) is 0.752. The van der Waals surface area contributed by atoms with E-state index in [2.05, 4.69) is 5.32 Å². The van der Waals surface area contributed by atoms with E-state index < -0.39 is 5.41 Å². The maximum atomic E-state index is 12.4. The first-order valence-corrected chi connectivity index (χ1v) is 7.64. The van der Waals surface area contributed by atoms with E-state index in [1.54, 1.807) is 0 Å². The van der Waals surface area contributed by atoms with Crippen LogP contribution in [0.1, 0.15) is 57.8 Å². The summed E-state index contributed by atoms with van der Waals surface area (Å²) in [6, 6.07) is 0. The fourth-order valence-electron chi connectivity index (χ4n) is 3.36. The number of nitrogens with two attached hydrogens (primary N) is 1. The molecule has 4 heteroatoms. The molecule has 0 atom stereocenters. The van der Waals surface area contributed by atoms with Crippen LogP contribution in [-0.4, -0.2) is 17.4 Å². The molecule has 0 radical (unpaired) electrons. The fraction of sp³-hybridized carbons (Fsp3) is 0.857. The normalized spacial score (nSPS) is 23.8. The summed E-state index contributed by atoms with van der Waals surface area (Å²) in [5, 5.41) is 3.11. The highest BCUT2D eigenvalue weighted by Crippen LogP contribution is 2.37. The van der Waals surface area contributed by atoms with Crippen molar-refractivity contribution in [3.63, 3.8) is 0 Å². The lowest BCUT2D eigenvalue weighted by molar-refractivity contribution is -0.129. The molecule has 2 saturated carbocycles. The Morgan fingerprint density at radius 3 is 2.33 bits per heavy atom. The first kappa shape index (κ1) is 13.8. The van der Waals surface area contributed by atoms with Gasteiger partial charge in [-0.05, 0) is 31.6 Å². The van der Waals surface area contributed by atoms with Crippen molar-refractivity contribution in [2.45, 2.75) is 57.8 Å². The van der Waals surface area contributed by atoms with Gasteiger partial charge in [0.05, 0.1) is 10.4 Å². The third-order valence-corrected chi connectivity index (χ3v) is 5.03. The molecule has 1 amide bonds. The number of rotatable bonds is 4. The molecule has 2 rings (SSSR count). The second kappa shape index (κ2) is 6.00. The standard InChI is InChI=1S/C14H24N2OS/c15-12(18)14(8-4-1-5-9-14)13(17)16-10-11-6-2-3-7-11/h11H,1-10H2,(H2,15,18)(H,16,17). The zero-order valence-electron chi connectivity index (χ0n) is 11.0. The van der Waals surface area contributed by atoms with Crippen molar-refractivity contribution in [3.05, 3.63) is 0 Å².